The van der Waals surface area contributed by atoms with E-state index in [1.54, 1.807) is 12.2 Å². The largest absolute Gasteiger partial charge is 0.469 e. The van der Waals surface area contributed by atoms with Gasteiger partial charge in [-0.1, -0.05) is 187 Å². The van der Waals surface area contributed by atoms with Gasteiger partial charge in [0.2, 0.25) is 0 Å². The third-order valence-electron chi connectivity index (χ3n) is 11.6. The summed E-state index contributed by atoms with van der Waals surface area (Å²) in [4.78, 5) is 55.7. The lowest BCUT2D eigenvalue weighted by Gasteiger charge is -2.19. The molecule has 0 aromatic rings. The van der Waals surface area contributed by atoms with Crippen LogP contribution < -0.4 is 0 Å². The van der Waals surface area contributed by atoms with Gasteiger partial charge in [0, 0.05) is 25.2 Å². The van der Waals surface area contributed by atoms with Gasteiger partial charge in [0.05, 0.1) is 18.8 Å². The molecule has 0 heterocycles. The van der Waals surface area contributed by atoms with E-state index in [0.717, 1.165) is 63.7 Å². The average molecular weight is 859 g/mol. The van der Waals surface area contributed by atoms with Crippen molar-refractivity contribution in [2.45, 2.75) is 238 Å². The first-order chi connectivity index (χ1) is 28.3. The number of esters is 2. The molecule has 1 rings (SSSR count). The standard InChI is InChI=1S/C47H87O11P/c1-4-5-24-30-40(48)34-35-43-42(44(49)36-45(43)50)31-26-22-23-27-32-46(51)56-37-41(38-57-59(53,54)55)58-47(52)33-28-21-19-17-15-13-11-9-7-6-8-10-12-14-16-18-20-25-29-39(2)3/h34-35,39-44,48-49H,4-33,36-38H2,1-3H3,(H2,53,54,55)/b35-34+/t40-,41+,42+,43+,44-/m0/s1. The highest BCUT2D eigenvalue weighted by molar-refractivity contribution is 7.46. The first-order valence-electron chi connectivity index (χ1n) is 23.9. The van der Waals surface area contributed by atoms with Crippen molar-refractivity contribution in [3.05, 3.63) is 12.2 Å². The highest BCUT2D eigenvalue weighted by Gasteiger charge is 2.39. The summed E-state index contributed by atoms with van der Waals surface area (Å²) in [5.74, 6) is -0.758. The van der Waals surface area contributed by atoms with E-state index in [9.17, 15) is 29.2 Å². The maximum Gasteiger partial charge on any atom is 0.469 e. The van der Waals surface area contributed by atoms with Gasteiger partial charge in [-0.3, -0.25) is 18.9 Å². The van der Waals surface area contributed by atoms with Crippen molar-refractivity contribution >= 4 is 25.5 Å². The first kappa shape index (κ1) is 55.4. The van der Waals surface area contributed by atoms with Gasteiger partial charge in [-0.05, 0) is 37.5 Å². The van der Waals surface area contributed by atoms with Crippen LogP contribution in [0.25, 0.3) is 0 Å². The SMILES string of the molecule is CCCCC[C@H](O)/C=C/[C@H]1C(=O)C[C@H](O)[C@@H]1CCCCCCC(=O)OC[C@H](COP(=O)(O)O)OC(=O)CCCCCCCCCCCCCCCCCCCCC(C)C. The molecule has 1 saturated carbocycles. The Morgan fingerprint density at radius 1 is 0.695 bits per heavy atom. The molecule has 1 fully saturated rings. The van der Waals surface area contributed by atoms with E-state index in [0.29, 0.717) is 25.7 Å². The number of ether oxygens (including phenoxy) is 2. The lowest BCUT2D eigenvalue weighted by Crippen LogP contribution is -2.29. The van der Waals surface area contributed by atoms with Gasteiger partial charge in [-0.15, -0.1) is 0 Å². The number of aliphatic hydroxyl groups is 2. The number of hydrogen-bond acceptors (Lipinski definition) is 9. The molecule has 0 aromatic carbocycles. The lowest BCUT2D eigenvalue weighted by atomic mass is 9.88. The molecular formula is C47H87O11P. The summed E-state index contributed by atoms with van der Waals surface area (Å²) in [6.45, 7) is 5.77. The van der Waals surface area contributed by atoms with Crippen molar-refractivity contribution in [3.63, 3.8) is 0 Å². The monoisotopic (exact) mass is 859 g/mol. The quantitative estimate of drug-likeness (QED) is 0.0200. The van der Waals surface area contributed by atoms with Gasteiger partial charge in [0.15, 0.2) is 6.10 Å². The maximum absolute atomic E-state index is 12.5. The van der Waals surface area contributed by atoms with Gasteiger partial charge < -0.3 is 29.5 Å². The average Bonchev–Trinajstić information content (AvgIpc) is 3.45. The Kier molecular flexibility index (Phi) is 33.7. The summed E-state index contributed by atoms with van der Waals surface area (Å²) in [7, 11) is -4.81. The van der Waals surface area contributed by atoms with Gasteiger partial charge in [0.1, 0.15) is 12.4 Å². The summed E-state index contributed by atoms with van der Waals surface area (Å²) in [6.07, 6.45) is 32.7. The van der Waals surface area contributed by atoms with Crippen LogP contribution in [0.15, 0.2) is 12.2 Å². The summed E-state index contributed by atoms with van der Waals surface area (Å²) in [5, 5.41) is 20.7. The van der Waals surface area contributed by atoms with Crippen molar-refractivity contribution < 1.29 is 52.9 Å². The fraction of sp³-hybridized carbons (Fsp3) is 0.894. The molecule has 59 heavy (non-hydrogen) atoms. The molecular weight excluding hydrogens is 771 g/mol. The van der Waals surface area contributed by atoms with Crippen LogP contribution in [0.1, 0.15) is 220 Å². The third-order valence-corrected chi connectivity index (χ3v) is 12.1. The van der Waals surface area contributed by atoms with E-state index in [4.69, 9.17) is 19.3 Å². The van der Waals surface area contributed by atoms with Gasteiger partial charge >= 0.3 is 19.8 Å². The number of rotatable bonds is 40. The van der Waals surface area contributed by atoms with E-state index in [-0.39, 0.29) is 43.5 Å². The number of hydrogen-bond donors (Lipinski definition) is 4. The second-order valence-corrected chi connectivity index (χ2v) is 18.9. The topological polar surface area (TPSA) is 177 Å². The van der Waals surface area contributed by atoms with Gasteiger partial charge in [-0.25, -0.2) is 4.57 Å². The number of Topliss-reactive ketones (excluding diaryl/α,β-unsaturated/α-hetero) is 1. The van der Waals surface area contributed by atoms with Crippen LogP contribution in [0, 0.1) is 17.8 Å². The maximum atomic E-state index is 12.5. The number of aliphatic hydroxyl groups excluding tert-OH is 2. The fourth-order valence-corrected chi connectivity index (χ4v) is 8.35. The lowest BCUT2D eigenvalue weighted by molar-refractivity contribution is -0.161. The molecule has 0 radical (unpaired) electrons. The molecule has 0 aliphatic heterocycles. The molecule has 12 heteroatoms. The molecule has 0 saturated heterocycles. The van der Waals surface area contributed by atoms with Crippen LogP contribution in [-0.4, -0.2) is 69.2 Å². The van der Waals surface area contributed by atoms with Crippen molar-refractivity contribution in [2.24, 2.45) is 17.8 Å². The minimum atomic E-state index is -4.81. The van der Waals surface area contributed by atoms with Crippen LogP contribution >= 0.6 is 7.82 Å². The Bertz CT molecular complexity index is 1140. The van der Waals surface area contributed by atoms with Crippen LogP contribution in [0.5, 0.6) is 0 Å². The van der Waals surface area contributed by atoms with E-state index >= 15 is 0 Å². The van der Waals surface area contributed by atoms with Crippen LogP contribution in [0.3, 0.4) is 0 Å². The Morgan fingerprint density at radius 2 is 1.17 bits per heavy atom. The normalized spacial score (nSPS) is 18.2. The smallest absolute Gasteiger partial charge is 0.462 e. The zero-order valence-electron chi connectivity index (χ0n) is 37.5. The van der Waals surface area contributed by atoms with E-state index < -0.39 is 44.7 Å². The molecule has 1 aliphatic rings. The summed E-state index contributed by atoms with van der Waals surface area (Å²) < 4.78 is 26.5. The molecule has 0 aromatic heterocycles. The molecule has 0 spiro atoms. The summed E-state index contributed by atoms with van der Waals surface area (Å²) >= 11 is 0. The molecule has 1 aliphatic carbocycles. The third kappa shape index (κ3) is 32.7. The zero-order valence-corrected chi connectivity index (χ0v) is 38.4. The highest BCUT2D eigenvalue weighted by atomic mass is 31.2. The zero-order chi connectivity index (χ0) is 43.6. The number of ketones is 1. The van der Waals surface area contributed by atoms with Crippen molar-refractivity contribution in [1.82, 2.24) is 0 Å². The van der Waals surface area contributed by atoms with E-state index in [1.807, 2.05) is 0 Å². The Labute approximate surface area is 358 Å². The first-order valence-corrected chi connectivity index (χ1v) is 25.5. The molecule has 4 N–H and O–H groups in total. The van der Waals surface area contributed by atoms with Gasteiger partial charge in [0.25, 0.3) is 0 Å². The Balaban J connectivity index is 2.16. The minimum absolute atomic E-state index is 0.00296. The van der Waals surface area contributed by atoms with Gasteiger partial charge in [-0.2, -0.15) is 0 Å². The van der Waals surface area contributed by atoms with Crippen molar-refractivity contribution in [2.75, 3.05) is 13.2 Å². The highest BCUT2D eigenvalue weighted by Crippen LogP contribution is 2.36. The minimum Gasteiger partial charge on any atom is -0.462 e. The summed E-state index contributed by atoms with van der Waals surface area (Å²) in [6, 6.07) is 0. The number of phosphoric acid groups is 1. The van der Waals surface area contributed by atoms with Crippen LogP contribution in [0.4, 0.5) is 0 Å². The van der Waals surface area contributed by atoms with E-state index in [1.165, 1.54) is 96.3 Å². The molecule has 0 unspecified atom stereocenters. The summed E-state index contributed by atoms with van der Waals surface area (Å²) in [5.41, 5.74) is 0. The number of phosphoric ester groups is 1. The predicted molar refractivity (Wildman–Crippen MR) is 236 cm³/mol. The molecule has 11 nitrogen and oxygen atoms in total. The second kappa shape index (κ2) is 35.9. The van der Waals surface area contributed by atoms with Crippen LogP contribution in [0.2, 0.25) is 0 Å². The predicted octanol–water partition coefficient (Wildman–Crippen LogP) is 11.4. The molecule has 346 valence electrons. The Hall–Kier alpha value is -1.62. The number of carbonyl (C=O) groups is 3. The number of carbonyl (C=O) groups excluding carboxylic acids is 3. The number of unbranched alkanes of at least 4 members (excludes halogenated alkanes) is 22. The molecule has 5 atom stereocenters. The van der Waals surface area contributed by atoms with Crippen molar-refractivity contribution in [1.29, 1.82) is 0 Å². The Morgan fingerprint density at radius 3 is 1.68 bits per heavy atom. The molecule has 0 bridgehead atoms. The van der Waals surface area contributed by atoms with Crippen LogP contribution in [-0.2, 0) is 32.9 Å². The van der Waals surface area contributed by atoms with E-state index in [2.05, 4.69) is 25.3 Å². The number of allylic oxidation sites excluding steroid dienone is 1. The van der Waals surface area contributed by atoms with Crippen molar-refractivity contribution in [3.8, 4) is 0 Å². The molecule has 0 amide bonds. The second-order valence-electron chi connectivity index (χ2n) is 17.7. The fourth-order valence-electron chi connectivity index (χ4n) is 7.99.